The Morgan fingerprint density at radius 2 is 2.06 bits per heavy atom. The van der Waals surface area contributed by atoms with E-state index in [-0.39, 0.29) is 11.5 Å². The number of para-hydroxylation sites is 1. The van der Waals surface area contributed by atoms with Gasteiger partial charge < -0.3 is 5.11 Å². The van der Waals surface area contributed by atoms with Gasteiger partial charge in [0.05, 0.1) is 10.0 Å². The van der Waals surface area contributed by atoms with Gasteiger partial charge in [0, 0.05) is 6.42 Å². The number of phenols is 1. The summed E-state index contributed by atoms with van der Waals surface area (Å²) in [6.07, 6.45) is 4.83. The molecule has 0 radical (unpaired) electrons. The summed E-state index contributed by atoms with van der Waals surface area (Å²) < 4.78 is 0.576. The van der Waals surface area contributed by atoms with Crippen LogP contribution in [0.2, 0.25) is 0 Å². The first-order chi connectivity index (χ1) is 7.66. The zero-order chi connectivity index (χ0) is 12.0. The molecule has 0 fully saturated rings. The van der Waals surface area contributed by atoms with Crippen LogP contribution in [0.25, 0.3) is 0 Å². The van der Waals surface area contributed by atoms with Crippen molar-refractivity contribution in [3.05, 3.63) is 28.2 Å². The molecule has 0 bridgehead atoms. The lowest BCUT2D eigenvalue weighted by molar-refractivity contribution is 0.0976. The highest BCUT2D eigenvalue weighted by molar-refractivity contribution is 9.10. The minimum Gasteiger partial charge on any atom is -0.506 e. The Balaban J connectivity index is 2.56. The van der Waals surface area contributed by atoms with Crippen LogP contribution in [0.4, 0.5) is 0 Å². The van der Waals surface area contributed by atoms with E-state index in [9.17, 15) is 9.90 Å². The molecule has 16 heavy (non-hydrogen) atoms. The van der Waals surface area contributed by atoms with E-state index >= 15 is 0 Å². The van der Waals surface area contributed by atoms with Gasteiger partial charge in [-0.1, -0.05) is 32.3 Å². The lowest BCUT2D eigenvalue weighted by atomic mass is 10.0. The van der Waals surface area contributed by atoms with E-state index < -0.39 is 0 Å². The highest BCUT2D eigenvalue weighted by Gasteiger charge is 2.12. The number of carbonyl (C=O) groups is 1. The van der Waals surface area contributed by atoms with Crippen molar-refractivity contribution in [1.29, 1.82) is 0 Å². The summed E-state index contributed by atoms with van der Waals surface area (Å²) in [6.45, 7) is 2.14. The van der Waals surface area contributed by atoms with Crippen LogP contribution in [-0.4, -0.2) is 10.9 Å². The fourth-order valence-corrected chi connectivity index (χ4v) is 1.95. The Bertz CT molecular complexity index is 361. The van der Waals surface area contributed by atoms with Crippen molar-refractivity contribution < 1.29 is 9.90 Å². The molecule has 0 heterocycles. The molecule has 0 aliphatic heterocycles. The Kier molecular flexibility index (Phi) is 5.53. The summed E-state index contributed by atoms with van der Waals surface area (Å²) in [5.74, 6) is 0.0814. The smallest absolute Gasteiger partial charge is 0.166 e. The molecule has 0 aliphatic rings. The third-order valence-electron chi connectivity index (χ3n) is 2.54. The second-order valence-electron chi connectivity index (χ2n) is 3.87. The van der Waals surface area contributed by atoms with Gasteiger partial charge in [0.25, 0.3) is 0 Å². The minimum atomic E-state index is 0.0231. The van der Waals surface area contributed by atoms with E-state index in [2.05, 4.69) is 22.9 Å². The Hall–Kier alpha value is -0.830. The SMILES string of the molecule is CCCCCCC(=O)c1cccc(Br)c1O. The quantitative estimate of drug-likeness (QED) is 0.624. The summed E-state index contributed by atoms with van der Waals surface area (Å²) >= 11 is 3.21. The lowest BCUT2D eigenvalue weighted by Gasteiger charge is -2.05. The number of halogens is 1. The predicted octanol–water partition coefficient (Wildman–Crippen LogP) is 4.31. The molecule has 0 aliphatic carbocycles. The monoisotopic (exact) mass is 284 g/mol. The van der Waals surface area contributed by atoms with Crippen LogP contribution in [-0.2, 0) is 0 Å². The van der Waals surface area contributed by atoms with E-state index in [4.69, 9.17) is 0 Å². The number of hydrogen-bond acceptors (Lipinski definition) is 2. The van der Waals surface area contributed by atoms with Crippen LogP contribution in [0.5, 0.6) is 5.75 Å². The first-order valence-corrected chi connectivity index (χ1v) is 6.46. The molecule has 0 saturated heterocycles. The fraction of sp³-hybridized carbons (Fsp3) is 0.462. The third kappa shape index (κ3) is 3.63. The molecule has 0 aromatic heterocycles. The standard InChI is InChI=1S/C13H17BrO2/c1-2-3-4-5-9-12(15)10-7-6-8-11(14)13(10)16/h6-8,16H,2-5,9H2,1H3. The van der Waals surface area contributed by atoms with Crippen molar-refractivity contribution in [3.8, 4) is 5.75 Å². The van der Waals surface area contributed by atoms with E-state index in [1.54, 1.807) is 18.2 Å². The summed E-state index contributed by atoms with van der Waals surface area (Å²) in [6, 6.07) is 5.16. The normalized spacial score (nSPS) is 10.4. The molecule has 0 unspecified atom stereocenters. The molecule has 1 aromatic rings. The van der Waals surface area contributed by atoms with Crippen molar-refractivity contribution in [2.75, 3.05) is 0 Å². The Labute approximate surface area is 105 Å². The number of unbranched alkanes of at least 4 members (excludes halogenated alkanes) is 3. The molecule has 1 aromatic carbocycles. The molecule has 88 valence electrons. The summed E-state index contributed by atoms with van der Waals surface area (Å²) in [7, 11) is 0. The number of rotatable bonds is 6. The molecule has 1 rings (SSSR count). The first kappa shape index (κ1) is 13.2. The molecule has 1 N–H and O–H groups in total. The van der Waals surface area contributed by atoms with Gasteiger partial charge in [0.15, 0.2) is 5.78 Å². The van der Waals surface area contributed by atoms with Crippen molar-refractivity contribution in [2.45, 2.75) is 39.0 Å². The maximum absolute atomic E-state index is 11.8. The predicted molar refractivity (Wildman–Crippen MR) is 68.9 cm³/mol. The number of aromatic hydroxyl groups is 1. The van der Waals surface area contributed by atoms with Crippen LogP contribution >= 0.6 is 15.9 Å². The fourth-order valence-electron chi connectivity index (χ4n) is 1.59. The number of ketones is 1. The maximum Gasteiger partial charge on any atom is 0.166 e. The highest BCUT2D eigenvalue weighted by Crippen LogP contribution is 2.28. The maximum atomic E-state index is 11.8. The van der Waals surface area contributed by atoms with Gasteiger partial charge in [-0.05, 0) is 34.5 Å². The van der Waals surface area contributed by atoms with Gasteiger partial charge in [-0.25, -0.2) is 0 Å². The van der Waals surface area contributed by atoms with Crippen molar-refractivity contribution in [3.63, 3.8) is 0 Å². The van der Waals surface area contributed by atoms with Crippen molar-refractivity contribution in [2.24, 2.45) is 0 Å². The van der Waals surface area contributed by atoms with E-state index in [1.165, 1.54) is 0 Å². The zero-order valence-electron chi connectivity index (χ0n) is 9.50. The van der Waals surface area contributed by atoms with Crippen LogP contribution in [0.3, 0.4) is 0 Å². The molecule has 0 spiro atoms. The zero-order valence-corrected chi connectivity index (χ0v) is 11.1. The second-order valence-corrected chi connectivity index (χ2v) is 4.72. The molecule has 0 atom stereocenters. The number of phenolic OH excluding ortho intramolecular Hbond substituents is 1. The highest BCUT2D eigenvalue weighted by atomic mass is 79.9. The topological polar surface area (TPSA) is 37.3 Å². The Morgan fingerprint density at radius 3 is 2.75 bits per heavy atom. The van der Waals surface area contributed by atoms with Crippen LogP contribution in [0.15, 0.2) is 22.7 Å². The molecular formula is C13H17BrO2. The number of benzene rings is 1. The summed E-state index contributed by atoms with van der Waals surface area (Å²) in [4.78, 5) is 11.8. The largest absolute Gasteiger partial charge is 0.506 e. The summed E-state index contributed by atoms with van der Waals surface area (Å²) in [5.41, 5.74) is 0.422. The van der Waals surface area contributed by atoms with Crippen LogP contribution in [0.1, 0.15) is 49.4 Å². The number of carbonyl (C=O) groups excluding carboxylic acids is 1. The van der Waals surface area contributed by atoms with Gasteiger partial charge in [-0.3, -0.25) is 4.79 Å². The number of hydrogen-bond donors (Lipinski definition) is 1. The lowest BCUT2D eigenvalue weighted by Crippen LogP contribution is -1.99. The average Bonchev–Trinajstić information content (AvgIpc) is 2.28. The van der Waals surface area contributed by atoms with Gasteiger partial charge in [0.1, 0.15) is 5.75 Å². The molecular weight excluding hydrogens is 268 g/mol. The minimum absolute atomic E-state index is 0.0231. The molecule has 0 amide bonds. The van der Waals surface area contributed by atoms with E-state index in [0.29, 0.717) is 16.5 Å². The van der Waals surface area contributed by atoms with Gasteiger partial charge in [0.2, 0.25) is 0 Å². The second kappa shape index (κ2) is 6.69. The summed E-state index contributed by atoms with van der Waals surface area (Å²) in [5, 5.41) is 9.70. The van der Waals surface area contributed by atoms with Gasteiger partial charge >= 0.3 is 0 Å². The van der Waals surface area contributed by atoms with Crippen molar-refractivity contribution in [1.82, 2.24) is 0 Å². The van der Waals surface area contributed by atoms with Gasteiger partial charge in [-0.2, -0.15) is 0 Å². The van der Waals surface area contributed by atoms with E-state index in [1.807, 2.05) is 0 Å². The van der Waals surface area contributed by atoms with Crippen molar-refractivity contribution >= 4 is 21.7 Å². The third-order valence-corrected chi connectivity index (χ3v) is 3.18. The molecule has 0 saturated carbocycles. The van der Waals surface area contributed by atoms with Gasteiger partial charge in [-0.15, -0.1) is 0 Å². The molecule has 3 heteroatoms. The number of Topliss-reactive ketones (excluding diaryl/α,β-unsaturated/α-hetero) is 1. The van der Waals surface area contributed by atoms with Crippen LogP contribution < -0.4 is 0 Å². The average molecular weight is 285 g/mol. The first-order valence-electron chi connectivity index (χ1n) is 5.67. The van der Waals surface area contributed by atoms with E-state index in [0.717, 1.165) is 25.7 Å². The Morgan fingerprint density at radius 1 is 1.31 bits per heavy atom. The molecule has 2 nitrogen and oxygen atoms in total. The van der Waals surface area contributed by atoms with Crippen LogP contribution in [0, 0.1) is 0 Å².